The molecule has 0 amide bonds. The summed E-state index contributed by atoms with van der Waals surface area (Å²) in [6, 6.07) is 7.48. The quantitative estimate of drug-likeness (QED) is 0.550. The monoisotopic (exact) mass is 493 g/mol. The molecule has 3 aromatic rings. The van der Waals surface area contributed by atoms with Crippen LogP contribution in [0.4, 0.5) is 14.6 Å². The predicted molar refractivity (Wildman–Crippen MR) is 132 cm³/mol. The fourth-order valence-corrected chi connectivity index (χ4v) is 5.99. The van der Waals surface area contributed by atoms with Crippen molar-refractivity contribution in [1.29, 1.82) is 0 Å². The summed E-state index contributed by atoms with van der Waals surface area (Å²) < 4.78 is 32.5. The third kappa shape index (κ3) is 4.04. The fraction of sp³-hybridized carbons (Fsp3) is 0.481. The van der Waals surface area contributed by atoms with Crippen LogP contribution >= 0.6 is 0 Å². The normalized spacial score (nSPS) is 24.9. The zero-order valence-corrected chi connectivity index (χ0v) is 20.1. The third-order valence-corrected chi connectivity index (χ3v) is 8.09. The van der Waals surface area contributed by atoms with Gasteiger partial charge in [0.25, 0.3) is 11.5 Å². The second-order valence-corrected chi connectivity index (χ2v) is 10.5. The van der Waals surface area contributed by atoms with Crippen LogP contribution in [0.15, 0.2) is 47.5 Å². The van der Waals surface area contributed by atoms with Crippen molar-refractivity contribution in [2.24, 2.45) is 18.9 Å². The highest BCUT2D eigenvalue weighted by Gasteiger charge is 2.57. The molecule has 3 aliphatic rings. The van der Waals surface area contributed by atoms with Gasteiger partial charge in [0.15, 0.2) is 11.6 Å². The number of hydrogen-bond acceptors (Lipinski definition) is 6. The molecule has 0 unspecified atom stereocenters. The first kappa shape index (κ1) is 23.1. The zero-order valence-electron chi connectivity index (χ0n) is 20.1. The standard InChI is InChI=1S/C27H29F2N5O2/c1-33-10-9-18(14-25(33)36)17-5-8-21(22(35)13-17)26-30-15-24(31-32-26)34(20-6-7-20)23-12-16-3-2-4-19(11-16)27(23,28)29/h5,8-10,13-16,19-20,23,35H,2-4,6-7,11-12H2,1H3/t16-,19+,23+/m0/s1. The molecule has 2 bridgehead atoms. The Bertz CT molecular complexity index is 1340. The van der Waals surface area contributed by atoms with Gasteiger partial charge in [0.05, 0.1) is 17.8 Å². The van der Waals surface area contributed by atoms with Crippen LogP contribution in [0.5, 0.6) is 5.75 Å². The summed E-state index contributed by atoms with van der Waals surface area (Å²) in [7, 11) is 1.67. The molecular formula is C27H29F2N5O2. The summed E-state index contributed by atoms with van der Waals surface area (Å²) in [5.41, 5.74) is 1.61. The molecule has 3 aliphatic carbocycles. The lowest BCUT2D eigenvalue weighted by Gasteiger charge is -2.49. The highest BCUT2D eigenvalue weighted by Crippen LogP contribution is 2.52. The van der Waals surface area contributed by atoms with Gasteiger partial charge in [-0.2, -0.15) is 0 Å². The van der Waals surface area contributed by atoms with Crippen molar-refractivity contribution >= 4 is 5.82 Å². The maximum absolute atomic E-state index is 15.5. The molecular weight excluding hydrogens is 464 g/mol. The summed E-state index contributed by atoms with van der Waals surface area (Å²) in [6.07, 6.45) is 8.53. The largest absolute Gasteiger partial charge is 0.507 e. The molecule has 3 fully saturated rings. The van der Waals surface area contributed by atoms with Crippen molar-refractivity contribution < 1.29 is 13.9 Å². The van der Waals surface area contributed by atoms with Gasteiger partial charge >= 0.3 is 0 Å². The van der Waals surface area contributed by atoms with Gasteiger partial charge in [-0.25, -0.2) is 13.8 Å². The molecule has 0 spiro atoms. The number of pyridine rings is 1. The molecule has 1 aromatic carbocycles. The Labute approximate surface area is 207 Å². The summed E-state index contributed by atoms with van der Waals surface area (Å²) in [5.74, 6) is -2.43. The van der Waals surface area contributed by atoms with Gasteiger partial charge in [0, 0.05) is 31.3 Å². The van der Waals surface area contributed by atoms with Crippen molar-refractivity contribution in [2.75, 3.05) is 4.90 Å². The van der Waals surface area contributed by atoms with Crippen molar-refractivity contribution in [3.05, 3.63) is 53.1 Å². The van der Waals surface area contributed by atoms with Crippen molar-refractivity contribution in [3.63, 3.8) is 0 Å². The van der Waals surface area contributed by atoms with Gasteiger partial charge < -0.3 is 14.6 Å². The molecule has 9 heteroatoms. The van der Waals surface area contributed by atoms with Gasteiger partial charge in [0.2, 0.25) is 0 Å². The number of aryl methyl sites for hydroxylation is 1. The number of aromatic hydroxyl groups is 1. The molecule has 3 saturated carbocycles. The maximum Gasteiger partial charge on any atom is 0.270 e. The van der Waals surface area contributed by atoms with E-state index in [1.54, 1.807) is 42.4 Å². The molecule has 7 nitrogen and oxygen atoms in total. The number of benzene rings is 1. The Morgan fingerprint density at radius 2 is 1.86 bits per heavy atom. The first-order chi connectivity index (χ1) is 17.3. The summed E-state index contributed by atoms with van der Waals surface area (Å²) in [4.78, 5) is 18.2. The first-order valence-corrected chi connectivity index (χ1v) is 12.7. The average molecular weight is 494 g/mol. The maximum atomic E-state index is 15.5. The number of aromatic nitrogens is 4. The lowest BCUT2D eigenvalue weighted by molar-refractivity contribution is -0.129. The highest BCUT2D eigenvalue weighted by atomic mass is 19.3. The number of alkyl halides is 2. The number of halogens is 2. The SMILES string of the molecule is Cn1ccc(-c2ccc(-c3ncc(N(C4CC4)[C@@H]4C[C@H]5CCC[C@H](C5)C4(F)F)nn3)c(O)c2)cc1=O. The van der Waals surface area contributed by atoms with Gasteiger partial charge in [-0.3, -0.25) is 4.79 Å². The molecule has 3 atom stereocenters. The molecule has 1 N–H and O–H groups in total. The van der Waals surface area contributed by atoms with E-state index >= 15 is 8.78 Å². The summed E-state index contributed by atoms with van der Waals surface area (Å²) in [6.45, 7) is 0. The van der Waals surface area contributed by atoms with Crippen LogP contribution in [0.1, 0.15) is 44.9 Å². The van der Waals surface area contributed by atoms with E-state index in [1.807, 2.05) is 0 Å². The molecule has 188 valence electrons. The van der Waals surface area contributed by atoms with E-state index in [0.717, 1.165) is 25.7 Å². The molecule has 36 heavy (non-hydrogen) atoms. The average Bonchev–Trinajstić information content (AvgIpc) is 3.70. The number of phenolic OH excluding ortho intramolecular Hbond substituents is 1. The van der Waals surface area contributed by atoms with Crippen LogP contribution in [0.2, 0.25) is 0 Å². The van der Waals surface area contributed by atoms with Gasteiger partial charge in [-0.1, -0.05) is 18.9 Å². The lowest BCUT2D eigenvalue weighted by Crippen LogP contribution is -2.58. The number of anilines is 1. The van der Waals surface area contributed by atoms with Crippen molar-refractivity contribution in [2.45, 2.75) is 63.0 Å². The summed E-state index contributed by atoms with van der Waals surface area (Å²) in [5, 5.41) is 19.2. The van der Waals surface area contributed by atoms with Crippen molar-refractivity contribution in [3.8, 4) is 28.3 Å². The van der Waals surface area contributed by atoms with Crippen LogP contribution in [-0.4, -0.2) is 42.9 Å². The second kappa shape index (κ2) is 8.64. The number of fused-ring (bicyclic) bond motifs is 2. The van der Waals surface area contributed by atoms with E-state index in [4.69, 9.17) is 0 Å². The van der Waals surface area contributed by atoms with E-state index < -0.39 is 17.9 Å². The van der Waals surface area contributed by atoms with E-state index in [9.17, 15) is 9.90 Å². The van der Waals surface area contributed by atoms with Crippen LogP contribution in [0, 0.1) is 11.8 Å². The smallest absolute Gasteiger partial charge is 0.270 e. The van der Waals surface area contributed by atoms with Gasteiger partial charge in [0.1, 0.15) is 5.75 Å². The third-order valence-electron chi connectivity index (χ3n) is 8.09. The van der Waals surface area contributed by atoms with Crippen LogP contribution < -0.4 is 10.5 Å². The van der Waals surface area contributed by atoms with Crippen LogP contribution in [0.3, 0.4) is 0 Å². The Balaban J connectivity index is 1.28. The molecule has 0 saturated heterocycles. The predicted octanol–water partition coefficient (Wildman–Crippen LogP) is 4.79. The van der Waals surface area contributed by atoms with E-state index in [-0.39, 0.29) is 23.2 Å². The van der Waals surface area contributed by atoms with Gasteiger partial charge in [-0.15, -0.1) is 10.2 Å². The van der Waals surface area contributed by atoms with Gasteiger partial charge in [-0.05, 0) is 67.3 Å². The fourth-order valence-electron chi connectivity index (χ4n) is 5.99. The molecule has 2 aromatic heterocycles. The first-order valence-electron chi connectivity index (χ1n) is 12.7. The van der Waals surface area contributed by atoms with E-state index in [0.29, 0.717) is 47.7 Å². The Kier molecular flexibility index (Phi) is 5.53. The highest BCUT2D eigenvalue weighted by molar-refractivity contribution is 5.72. The Morgan fingerprint density at radius 1 is 1.06 bits per heavy atom. The summed E-state index contributed by atoms with van der Waals surface area (Å²) >= 11 is 0. The zero-order chi connectivity index (χ0) is 25.0. The molecule has 2 heterocycles. The van der Waals surface area contributed by atoms with Crippen LogP contribution in [0.25, 0.3) is 22.5 Å². The van der Waals surface area contributed by atoms with Crippen molar-refractivity contribution in [1.82, 2.24) is 19.7 Å². The second-order valence-electron chi connectivity index (χ2n) is 10.5. The number of nitrogens with zero attached hydrogens (tertiary/aromatic N) is 5. The van der Waals surface area contributed by atoms with E-state index in [2.05, 4.69) is 15.2 Å². The molecule has 6 rings (SSSR count). The number of phenols is 1. The minimum Gasteiger partial charge on any atom is -0.507 e. The topological polar surface area (TPSA) is 84.1 Å². The Hall–Kier alpha value is -3.36. The van der Waals surface area contributed by atoms with Crippen LogP contribution in [-0.2, 0) is 7.05 Å². The molecule has 0 radical (unpaired) electrons. The number of hydrogen-bond donors (Lipinski definition) is 1. The minimum absolute atomic E-state index is 0.0478. The lowest BCUT2D eigenvalue weighted by atomic mass is 9.67. The Morgan fingerprint density at radius 3 is 2.56 bits per heavy atom. The van der Waals surface area contributed by atoms with E-state index in [1.165, 1.54) is 16.8 Å². The minimum atomic E-state index is -2.76. The number of rotatable bonds is 5. The molecule has 0 aliphatic heterocycles.